The van der Waals surface area contributed by atoms with E-state index in [1.165, 1.54) is 0 Å². The third kappa shape index (κ3) is 7.08. The average Bonchev–Trinajstić information content (AvgIpc) is 3.27. The summed E-state index contributed by atoms with van der Waals surface area (Å²) in [5, 5.41) is 9.18. The zero-order valence-electron chi connectivity index (χ0n) is 21.8. The van der Waals surface area contributed by atoms with Gasteiger partial charge in [-0.25, -0.2) is 4.39 Å². The smallest absolute Gasteiger partial charge is 0.303 e. The molecule has 9 heteroatoms. The summed E-state index contributed by atoms with van der Waals surface area (Å²) < 4.78 is 30.2. The van der Waals surface area contributed by atoms with E-state index in [9.17, 15) is 14.0 Å². The molecule has 0 bridgehead atoms. The molecule has 1 heterocycles. The van der Waals surface area contributed by atoms with Crippen molar-refractivity contribution < 1.29 is 33.3 Å². The quantitative estimate of drug-likeness (QED) is 0.348. The largest absolute Gasteiger partial charge is 0.496 e. The van der Waals surface area contributed by atoms with Crippen molar-refractivity contribution in [3.05, 3.63) is 88.6 Å². The molecule has 2 aromatic carbocycles. The number of benzene rings is 2. The van der Waals surface area contributed by atoms with Crippen molar-refractivity contribution >= 4 is 28.4 Å². The molecule has 8 nitrogen and oxygen atoms in total. The van der Waals surface area contributed by atoms with Crippen molar-refractivity contribution in [1.29, 1.82) is 0 Å². The molecule has 0 fully saturated rings. The second kappa shape index (κ2) is 13.6. The molecule has 0 radical (unpaired) electrons. The Balaban J connectivity index is 0.000000256. The van der Waals surface area contributed by atoms with E-state index in [0.29, 0.717) is 30.5 Å². The van der Waals surface area contributed by atoms with Crippen LogP contribution in [-0.4, -0.2) is 55.5 Å². The summed E-state index contributed by atoms with van der Waals surface area (Å²) in [5.41, 5.74) is 9.56. The van der Waals surface area contributed by atoms with Crippen LogP contribution in [0.3, 0.4) is 0 Å². The number of aliphatic carboxylic acids is 1. The van der Waals surface area contributed by atoms with Crippen molar-refractivity contribution in [2.24, 2.45) is 5.73 Å². The second-order valence-corrected chi connectivity index (χ2v) is 8.66. The monoisotopic (exact) mass is 524 g/mol. The van der Waals surface area contributed by atoms with E-state index in [-0.39, 0.29) is 18.2 Å². The van der Waals surface area contributed by atoms with Crippen LogP contribution in [0.5, 0.6) is 0 Å². The lowest BCUT2D eigenvalue weighted by atomic mass is 9.89. The number of nitrogens with one attached hydrogen (secondary N) is 1. The fraction of sp³-hybridized carbons (Fsp3) is 0.310. The van der Waals surface area contributed by atoms with E-state index >= 15 is 0 Å². The first kappa shape index (κ1) is 28.6. The third-order valence-electron chi connectivity index (χ3n) is 6.15. The van der Waals surface area contributed by atoms with Crippen LogP contribution >= 0.6 is 0 Å². The van der Waals surface area contributed by atoms with Crippen LogP contribution in [0.1, 0.15) is 41.4 Å². The predicted octanol–water partition coefficient (Wildman–Crippen LogP) is 4.85. The number of amides is 1. The number of hydrogen-bond acceptors (Lipinski definition) is 5. The number of aromatic amines is 1. The number of para-hydroxylation sites is 1. The topological polar surface area (TPSA) is 124 Å². The summed E-state index contributed by atoms with van der Waals surface area (Å²) in [7, 11) is 3.35. The molecule has 202 valence electrons. The Morgan fingerprint density at radius 1 is 1.13 bits per heavy atom. The summed E-state index contributed by atoms with van der Waals surface area (Å²) in [6.45, 7) is 3.22. The maximum Gasteiger partial charge on any atom is 0.303 e. The highest BCUT2D eigenvalue weighted by Gasteiger charge is 2.26. The standard InChI is InChI=1S/C20H26O5.C9H7FN2O/c1-4-25-13-15-11-17(23-2)20(18(12-15)24-3)16-8-5-14(6-9-16)7-10-19(21)22;10-7-5-3-1-2-4-6(5)12-8(7)9(11)13/h5-6,8-9,11,18H,4,7,10,12-13H2,1-3H3,(H,21,22);1-4,12H,(H2,11,13). The normalized spacial score (nSPS) is 15.1. The summed E-state index contributed by atoms with van der Waals surface area (Å²) >= 11 is 0. The number of fused-ring (bicyclic) bond motifs is 1. The lowest BCUT2D eigenvalue weighted by molar-refractivity contribution is -0.136. The Morgan fingerprint density at radius 3 is 2.42 bits per heavy atom. The predicted molar refractivity (Wildman–Crippen MR) is 143 cm³/mol. The molecule has 1 amide bonds. The van der Waals surface area contributed by atoms with Gasteiger partial charge in [-0.2, -0.15) is 0 Å². The van der Waals surface area contributed by atoms with Gasteiger partial charge >= 0.3 is 5.97 Å². The number of aryl methyl sites for hydroxylation is 1. The number of primary amides is 1. The lowest BCUT2D eigenvalue weighted by Gasteiger charge is -2.27. The van der Waals surface area contributed by atoms with Crippen LogP contribution in [-0.2, 0) is 25.4 Å². The Bertz CT molecular complexity index is 1330. The van der Waals surface area contributed by atoms with Crippen molar-refractivity contribution in [3.8, 4) is 0 Å². The summed E-state index contributed by atoms with van der Waals surface area (Å²) in [5.74, 6) is -1.37. The maximum absolute atomic E-state index is 13.3. The maximum atomic E-state index is 13.3. The van der Waals surface area contributed by atoms with Crippen molar-refractivity contribution in [1.82, 2.24) is 4.98 Å². The van der Waals surface area contributed by atoms with Crippen LogP contribution < -0.4 is 5.73 Å². The lowest BCUT2D eigenvalue weighted by Crippen LogP contribution is -2.21. The Labute approximate surface area is 220 Å². The molecular formula is C29H33FN2O6. The number of methoxy groups -OCH3 is 2. The van der Waals surface area contributed by atoms with Gasteiger partial charge in [0.25, 0.3) is 5.91 Å². The number of H-pyrrole nitrogens is 1. The summed E-state index contributed by atoms with van der Waals surface area (Å²) in [6, 6.07) is 14.7. The number of rotatable bonds is 10. The van der Waals surface area contributed by atoms with Gasteiger partial charge in [0.15, 0.2) is 5.82 Å². The highest BCUT2D eigenvalue weighted by molar-refractivity contribution is 5.97. The second-order valence-electron chi connectivity index (χ2n) is 8.66. The molecule has 0 spiro atoms. The van der Waals surface area contributed by atoms with Gasteiger partial charge in [-0.3, -0.25) is 9.59 Å². The first-order valence-electron chi connectivity index (χ1n) is 12.2. The van der Waals surface area contributed by atoms with Crippen molar-refractivity contribution in [2.75, 3.05) is 27.4 Å². The number of ether oxygens (including phenoxy) is 3. The van der Waals surface area contributed by atoms with Gasteiger partial charge in [0, 0.05) is 43.0 Å². The molecule has 38 heavy (non-hydrogen) atoms. The number of nitrogens with two attached hydrogens (primary N) is 1. The molecule has 0 aliphatic heterocycles. The van der Waals surface area contributed by atoms with Crippen LogP contribution in [0.15, 0.2) is 65.9 Å². The SMILES string of the molecule is CCOCC1=CC(OC)=C(c2ccc(CCC(=O)O)cc2)C(OC)C1.NC(=O)c1[nH]c2ccccc2c1F. The van der Waals surface area contributed by atoms with Gasteiger partial charge in [-0.1, -0.05) is 36.4 Å². The van der Waals surface area contributed by atoms with Crippen LogP contribution in [0.2, 0.25) is 0 Å². The van der Waals surface area contributed by atoms with Crippen LogP contribution in [0.4, 0.5) is 4.39 Å². The highest BCUT2D eigenvalue weighted by atomic mass is 19.1. The zero-order valence-corrected chi connectivity index (χ0v) is 21.8. The van der Waals surface area contributed by atoms with Gasteiger partial charge in [0.05, 0.1) is 19.8 Å². The van der Waals surface area contributed by atoms with E-state index in [2.05, 4.69) is 4.98 Å². The van der Waals surface area contributed by atoms with Gasteiger partial charge in [0.1, 0.15) is 11.5 Å². The molecule has 0 saturated carbocycles. The molecule has 1 aromatic heterocycles. The molecule has 4 rings (SSSR count). The molecule has 1 atom stereocenters. The molecule has 1 aliphatic carbocycles. The Morgan fingerprint density at radius 2 is 1.84 bits per heavy atom. The zero-order chi connectivity index (χ0) is 27.7. The number of halogens is 1. The third-order valence-corrected chi connectivity index (χ3v) is 6.15. The van der Waals surface area contributed by atoms with E-state index in [1.807, 2.05) is 37.3 Å². The number of carbonyl (C=O) groups is 2. The Hall–Kier alpha value is -3.95. The minimum absolute atomic E-state index is 0.0970. The molecule has 3 aromatic rings. The van der Waals surface area contributed by atoms with E-state index < -0.39 is 17.7 Å². The Kier molecular flexibility index (Phi) is 10.2. The first-order chi connectivity index (χ1) is 18.3. The molecule has 1 unspecified atom stereocenters. The highest BCUT2D eigenvalue weighted by Crippen LogP contribution is 2.34. The van der Waals surface area contributed by atoms with E-state index in [1.54, 1.807) is 38.5 Å². The van der Waals surface area contributed by atoms with Gasteiger partial charge in [-0.15, -0.1) is 0 Å². The van der Waals surface area contributed by atoms with Gasteiger partial charge in [-0.05, 0) is 48.3 Å². The molecule has 4 N–H and O–H groups in total. The van der Waals surface area contributed by atoms with E-state index in [0.717, 1.165) is 34.5 Å². The van der Waals surface area contributed by atoms with Crippen molar-refractivity contribution in [3.63, 3.8) is 0 Å². The number of carbonyl (C=O) groups excluding carboxylic acids is 1. The number of carboxylic acids is 1. The van der Waals surface area contributed by atoms with Gasteiger partial charge < -0.3 is 30.0 Å². The summed E-state index contributed by atoms with van der Waals surface area (Å²) in [4.78, 5) is 24.1. The number of allylic oxidation sites excluding steroid dienone is 1. The van der Waals surface area contributed by atoms with Crippen LogP contribution in [0.25, 0.3) is 16.5 Å². The number of aromatic nitrogens is 1. The van der Waals surface area contributed by atoms with Crippen molar-refractivity contribution in [2.45, 2.75) is 32.3 Å². The summed E-state index contributed by atoms with van der Waals surface area (Å²) in [6.07, 6.45) is 3.35. The number of hydrogen-bond donors (Lipinski definition) is 3. The first-order valence-corrected chi connectivity index (χ1v) is 12.2. The van der Waals surface area contributed by atoms with Gasteiger partial charge in [0.2, 0.25) is 0 Å². The van der Waals surface area contributed by atoms with E-state index in [4.69, 9.17) is 25.1 Å². The molecular weight excluding hydrogens is 491 g/mol. The molecule has 0 saturated heterocycles. The minimum atomic E-state index is -0.785. The average molecular weight is 525 g/mol. The fourth-order valence-corrected chi connectivity index (χ4v) is 4.23. The van der Waals surface area contributed by atoms with Crippen LogP contribution in [0, 0.1) is 5.82 Å². The molecule has 1 aliphatic rings. The number of carboxylic acid groups (broad SMARTS) is 1. The fourth-order valence-electron chi connectivity index (χ4n) is 4.23. The minimum Gasteiger partial charge on any atom is -0.496 e.